The molecule has 2 N–H and O–H groups in total. The molecule has 5 nitrogen and oxygen atoms in total. The van der Waals surface area contributed by atoms with Crippen molar-refractivity contribution in [3.63, 3.8) is 0 Å². The van der Waals surface area contributed by atoms with E-state index in [9.17, 15) is 17.2 Å². The Kier molecular flexibility index (Phi) is 4.67. The van der Waals surface area contributed by atoms with Crippen LogP contribution in [0.4, 0.5) is 8.78 Å². The molecule has 21 heavy (non-hydrogen) atoms. The molecule has 0 aliphatic rings. The number of hydrogen-bond acceptors (Lipinski definition) is 5. The third-order valence-corrected chi connectivity index (χ3v) is 5.06. The molecule has 0 aliphatic heterocycles. The molecule has 0 unspecified atom stereocenters. The van der Waals surface area contributed by atoms with Gasteiger partial charge in [0.1, 0.15) is 15.7 Å². The van der Waals surface area contributed by atoms with Crippen molar-refractivity contribution < 1.29 is 22.3 Å². The first-order chi connectivity index (χ1) is 9.85. The topological polar surface area (TPSA) is 79.3 Å². The number of thiazole rings is 1. The zero-order valence-corrected chi connectivity index (χ0v) is 12.6. The molecule has 0 fully saturated rings. The summed E-state index contributed by atoms with van der Waals surface area (Å²) >= 11 is 1.27. The maximum atomic E-state index is 13.9. The maximum absolute atomic E-state index is 13.9. The summed E-state index contributed by atoms with van der Waals surface area (Å²) in [4.78, 5) is 3.37. The molecule has 0 radical (unpaired) electrons. The van der Waals surface area contributed by atoms with Crippen LogP contribution in [-0.4, -0.2) is 18.5 Å². The van der Waals surface area contributed by atoms with Gasteiger partial charge < -0.3 is 5.11 Å². The van der Waals surface area contributed by atoms with Gasteiger partial charge in [0.15, 0.2) is 5.82 Å². The summed E-state index contributed by atoms with van der Waals surface area (Å²) in [5.41, 5.74) is 0.0766. The fourth-order valence-electron chi connectivity index (χ4n) is 1.65. The zero-order chi connectivity index (χ0) is 15.6. The number of hydrogen-bond donors (Lipinski definition) is 2. The van der Waals surface area contributed by atoms with Gasteiger partial charge in [0, 0.05) is 11.1 Å². The quantitative estimate of drug-likeness (QED) is 0.872. The highest BCUT2D eigenvalue weighted by molar-refractivity contribution is 7.89. The fraction of sp³-hybridized carbons (Fsp3) is 0.250. The van der Waals surface area contributed by atoms with Gasteiger partial charge in [0.05, 0.1) is 18.7 Å². The number of nitrogens with one attached hydrogen (secondary N) is 1. The average Bonchev–Trinajstić information content (AvgIpc) is 2.83. The second-order valence-electron chi connectivity index (χ2n) is 4.20. The number of aromatic nitrogens is 1. The molecule has 0 amide bonds. The predicted octanol–water partition coefficient (Wildman–Crippen LogP) is 1.70. The van der Waals surface area contributed by atoms with Crippen LogP contribution in [0.2, 0.25) is 0 Å². The van der Waals surface area contributed by atoms with Crippen LogP contribution < -0.4 is 4.72 Å². The molecule has 0 saturated carbocycles. The number of aliphatic hydroxyl groups is 1. The Balaban J connectivity index is 2.27. The lowest BCUT2D eigenvalue weighted by Gasteiger charge is -2.09. The molecule has 1 aromatic carbocycles. The number of rotatable bonds is 5. The minimum Gasteiger partial charge on any atom is -0.391 e. The van der Waals surface area contributed by atoms with E-state index in [1.165, 1.54) is 11.3 Å². The van der Waals surface area contributed by atoms with Crippen LogP contribution in [0.3, 0.4) is 0 Å². The Bertz CT molecular complexity index is 760. The van der Waals surface area contributed by atoms with Crippen LogP contribution in [0.1, 0.15) is 16.3 Å². The third kappa shape index (κ3) is 3.43. The van der Waals surface area contributed by atoms with Crippen molar-refractivity contribution in [1.82, 2.24) is 9.71 Å². The standard InChI is InChI=1S/C12H12F2N2O3S2/c1-7-6-20-11(16-7)4-15-21(18,19)10-3-2-9(13)8(5-17)12(10)14/h2-3,6,15,17H,4-5H2,1H3. The summed E-state index contributed by atoms with van der Waals surface area (Å²) in [5.74, 6) is -2.29. The molecule has 2 aromatic rings. The monoisotopic (exact) mass is 334 g/mol. The van der Waals surface area contributed by atoms with E-state index in [0.717, 1.165) is 17.8 Å². The van der Waals surface area contributed by atoms with Crippen molar-refractivity contribution in [2.24, 2.45) is 0 Å². The Morgan fingerprint density at radius 1 is 1.38 bits per heavy atom. The molecule has 0 saturated heterocycles. The van der Waals surface area contributed by atoms with Gasteiger partial charge in [-0.05, 0) is 19.1 Å². The van der Waals surface area contributed by atoms with E-state index in [1.54, 1.807) is 12.3 Å². The summed E-state index contributed by atoms with van der Waals surface area (Å²) in [6.07, 6.45) is 0. The lowest BCUT2D eigenvalue weighted by Crippen LogP contribution is -2.24. The summed E-state index contributed by atoms with van der Waals surface area (Å²) in [6.45, 7) is 0.750. The first-order valence-corrected chi connectivity index (χ1v) is 8.20. The molecule has 114 valence electrons. The predicted molar refractivity (Wildman–Crippen MR) is 73.2 cm³/mol. The fourth-order valence-corrected chi connectivity index (χ4v) is 3.54. The van der Waals surface area contributed by atoms with Crippen molar-refractivity contribution in [2.75, 3.05) is 0 Å². The molecule has 1 aromatic heterocycles. The van der Waals surface area contributed by atoms with Gasteiger partial charge >= 0.3 is 0 Å². The lowest BCUT2D eigenvalue weighted by molar-refractivity contribution is 0.267. The maximum Gasteiger partial charge on any atom is 0.243 e. The minimum absolute atomic E-state index is 0.0912. The number of benzene rings is 1. The molecule has 0 atom stereocenters. The Morgan fingerprint density at radius 2 is 2.10 bits per heavy atom. The lowest BCUT2D eigenvalue weighted by atomic mass is 10.2. The highest BCUT2D eigenvalue weighted by Crippen LogP contribution is 2.21. The van der Waals surface area contributed by atoms with Gasteiger partial charge in [-0.25, -0.2) is 26.9 Å². The van der Waals surface area contributed by atoms with Crippen LogP contribution >= 0.6 is 11.3 Å². The van der Waals surface area contributed by atoms with E-state index in [1.807, 2.05) is 0 Å². The van der Waals surface area contributed by atoms with Crippen LogP contribution in [-0.2, 0) is 23.2 Å². The number of sulfonamides is 1. The van der Waals surface area contributed by atoms with Crippen LogP contribution in [0.25, 0.3) is 0 Å². The Morgan fingerprint density at radius 3 is 2.67 bits per heavy atom. The minimum atomic E-state index is -4.17. The van der Waals surface area contributed by atoms with Crippen molar-refractivity contribution in [3.05, 3.63) is 45.4 Å². The second kappa shape index (κ2) is 6.14. The number of aliphatic hydroxyl groups excluding tert-OH is 1. The summed E-state index contributed by atoms with van der Waals surface area (Å²) in [7, 11) is -4.17. The highest BCUT2D eigenvalue weighted by Gasteiger charge is 2.23. The molecular formula is C12H12F2N2O3S2. The average molecular weight is 334 g/mol. The molecule has 1 heterocycles. The van der Waals surface area contributed by atoms with E-state index < -0.39 is 38.7 Å². The van der Waals surface area contributed by atoms with Gasteiger partial charge in [0.25, 0.3) is 0 Å². The molecule has 2 rings (SSSR count). The van der Waals surface area contributed by atoms with Gasteiger partial charge in [-0.1, -0.05) is 0 Å². The molecule has 0 spiro atoms. The smallest absolute Gasteiger partial charge is 0.243 e. The van der Waals surface area contributed by atoms with Crippen molar-refractivity contribution in [2.45, 2.75) is 25.0 Å². The first kappa shape index (κ1) is 16.0. The summed E-state index contributed by atoms with van der Waals surface area (Å²) in [6, 6.07) is 1.62. The van der Waals surface area contributed by atoms with Crippen molar-refractivity contribution >= 4 is 21.4 Å². The zero-order valence-electron chi connectivity index (χ0n) is 10.9. The van der Waals surface area contributed by atoms with E-state index in [2.05, 4.69) is 9.71 Å². The number of halogens is 2. The molecule has 0 bridgehead atoms. The molecule has 9 heteroatoms. The highest BCUT2D eigenvalue weighted by atomic mass is 32.2. The normalized spacial score (nSPS) is 11.8. The van der Waals surface area contributed by atoms with Gasteiger partial charge in [-0.2, -0.15) is 0 Å². The number of aryl methyl sites for hydroxylation is 1. The van der Waals surface area contributed by atoms with E-state index in [0.29, 0.717) is 5.01 Å². The van der Waals surface area contributed by atoms with Crippen LogP contribution in [0.5, 0.6) is 0 Å². The van der Waals surface area contributed by atoms with Crippen molar-refractivity contribution in [1.29, 1.82) is 0 Å². The van der Waals surface area contributed by atoms with Gasteiger partial charge in [0.2, 0.25) is 10.0 Å². The Hall–Kier alpha value is -1.42. The SMILES string of the molecule is Cc1csc(CNS(=O)(=O)c2ccc(F)c(CO)c2F)n1. The molecular weight excluding hydrogens is 322 g/mol. The summed E-state index contributed by atoms with van der Waals surface area (Å²) < 4.78 is 53.4. The van der Waals surface area contributed by atoms with Gasteiger partial charge in [-0.3, -0.25) is 0 Å². The van der Waals surface area contributed by atoms with E-state index in [-0.39, 0.29) is 6.54 Å². The second-order valence-corrected chi connectivity index (χ2v) is 6.88. The van der Waals surface area contributed by atoms with Crippen LogP contribution in [0, 0.1) is 18.6 Å². The van der Waals surface area contributed by atoms with E-state index >= 15 is 0 Å². The first-order valence-electron chi connectivity index (χ1n) is 5.83. The summed E-state index contributed by atoms with van der Waals surface area (Å²) in [5, 5.41) is 11.2. The largest absolute Gasteiger partial charge is 0.391 e. The molecule has 0 aliphatic carbocycles. The van der Waals surface area contributed by atoms with Crippen molar-refractivity contribution in [3.8, 4) is 0 Å². The van der Waals surface area contributed by atoms with Crippen LogP contribution in [0.15, 0.2) is 22.4 Å². The third-order valence-electron chi connectivity index (χ3n) is 2.68. The van der Waals surface area contributed by atoms with Gasteiger partial charge in [-0.15, -0.1) is 11.3 Å². The van der Waals surface area contributed by atoms with E-state index in [4.69, 9.17) is 5.11 Å². The Labute approximate surface area is 124 Å². The number of nitrogens with zero attached hydrogens (tertiary/aromatic N) is 1.